The van der Waals surface area contributed by atoms with Crippen LogP contribution in [0.25, 0.3) is 0 Å². The third-order valence-electron chi connectivity index (χ3n) is 2.49. The summed E-state index contributed by atoms with van der Waals surface area (Å²) in [5.74, 6) is -0.285. The topological polar surface area (TPSA) is 35.5 Å². The lowest BCUT2D eigenvalue weighted by Gasteiger charge is -2.19. The first kappa shape index (κ1) is 14.8. The Balaban J connectivity index is 2.74. The van der Waals surface area contributed by atoms with Crippen molar-refractivity contribution in [1.29, 1.82) is 0 Å². The molecule has 0 amide bonds. The van der Waals surface area contributed by atoms with E-state index in [-0.39, 0.29) is 12.1 Å². The molecule has 0 bridgehead atoms. The maximum atomic E-state index is 11.8. The highest BCUT2D eigenvalue weighted by atomic mass is 16.6. The highest BCUT2D eigenvalue weighted by molar-refractivity contribution is 6.32. The second kappa shape index (κ2) is 7.22. The predicted octanol–water partition coefficient (Wildman–Crippen LogP) is 0.844. The third-order valence-corrected chi connectivity index (χ3v) is 2.49. The predicted molar refractivity (Wildman–Crippen MR) is 75.0 cm³/mol. The van der Waals surface area contributed by atoms with Crippen LogP contribution in [0.3, 0.4) is 0 Å². The van der Waals surface area contributed by atoms with E-state index in [9.17, 15) is 4.79 Å². The quantitative estimate of drug-likeness (QED) is 0.553. The molecule has 0 spiro atoms. The van der Waals surface area contributed by atoms with E-state index >= 15 is 0 Å². The van der Waals surface area contributed by atoms with Gasteiger partial charge in [-0.05, 0) is 26.3 Å². The van der Waals surface area contributed by atoms with Gasteiger partial charge < -0.3 is 9.47 Å². The summed E-state index contributed by atoms with van der Waals surface area (Å²) in [7, 11) is 2.03. The van der Waals surface area contributed by atoms with E-state index in [0.29, 0.717) is 13.0 Å². The Morgan fingerprint density at radius 1 is 1.39 bits per heavy atom. The second-order valence-electron chi connectivity index (χ2n) is 4.62. The fraction of sp³-hybridized carbons (Fsp3) is 0.500. The molecule has 1 unspecified atom stereocenters. The van der Waals surface area contributed by atoms with E-state index in [0.717, 1.165) is 5.56 Å². The van der Waals surface area contributed by atoms with E-state index in [1.54, 1.807) is 6.92 Å². The number of rotatable bonds is 6. The van der Waals surface area contributed by atoms with Gasteiger partial charge in [0.1, 0.15) is 7.85 Å². The van der Waals surface area contributed by atoms with Crippen molar-refractivity contribution in [2.75, 3.05) is 6.61 Å². The molecule has 0 saturated carbocycles. The van der Waals surface area contributed by atoms with Gasteiger partial charge in [0.2, 0.25) is 0 Å². The molecule has 3 nitrogen and oxygen atoms in total. The standard InChI is InChI=1S/C14H21BO3/c1-4-17-14(16)13(18-10(2)3)9-11-6-5-7-12(15)8-11/h5-8,10,13H,4,9,15H2,1-3H3. The molecular formula is C14H21BO3. The van der Waals surface area contributed by atoms with E-state index in [1.807, 2.05) is 39.9 Å². The number of hydrogen-bond acceptors (Lipinski definition) is 3. The zero-order valence-corrected chi connectivity index (χ0v) is 11.6. The van der Waals surface area contributed by atoms with Crippen molar-refractivity contribution >= 4 is 19.3 Å². The molecule has 98 valence electrons. The first-order chi connectivity index (χ1) is 8.52. The second-order valence-corrected chi connectivity index (χ2v) is 4.62. The van der Waals surface area contributed by atoms with Crippen LogP contribution in [0, 0.1) is 0 Å². The van der Waals surface area contributed by atoms with Crippen LogP contribution in [0.1, 0.15) is 26.3 Å². The van der Waals surface area contributed by atoms with E-state index in [1.165, 1.54) is 5.46 Å². The maximum Gasteiger partial charge on any atom is 0.335 e. The van der Waals surface area contributed by atoms with Gasteiger partial charge >= 0.3 is 5.97 Å². The highest BCUT2D eigenvalue weighted by Gasteiger charge is 2.22. The summed E-state index contributed by atoms with van der Waals surface area (Å²) in [6.45, 7) is 6.02. The molecule has 0 aliphatic heterocycles. The zero-order valence-electron chi connectivity index (χ0n) is 11.6. The Labute approximate surface area is 110 Å². The average Bonchev–Trinajstić information content (AvgIpc) is 2.28. The van der Waals surface area contributed by atoms with E-state index in [4.69, 9.17) is 9.47 Å². The summed E-state index contributed by atoms with van der Waals surface area (Å²) >= 11 is 0. The number of benzene rings is 1. The summed E-state index contributed by atoms with van der Waals surface area (Å²) in [6.07, 6.45) is 0.0366. The van der Waals surface area contributed by atoms with Gasteiger partial charge in [0, 0.05) is 6.42 Å². The largest absolute Gasteiger partial charge is 0.464 e. The van der Waals surface area contributed by atoms with Crippen LogP contribution >= 0.6 is 0 Å². The Kier molecular flexibility index (Phi) is 5.92. The lowest BCUT2D eigenvalue weighted by atomic mass is 9.93. The molecule has 1 aromatic rings. The first-order valence-electron chi connectivity index (χ1n) is 6.40. The van der Waals surface area contributed by atoms with Gasteiger partial charge in [-0.2, -0.15) is 0 Å². The van der Waals surface area contributed by atoms with Crippen molar-refractivity contribution in [1.82, 2.24) is 0 Å². The van der Waals surface area contributed by atoms with Gasteiger partial charge in [-0.25, -0.2) is 4.79 Å². The molecule has 1 aromatic carbocycles. The maximum absolute atomic E-state index is 11.8. The van der Waals surface area contributed by atoms with Gasteiger partial charge in [0.05, 0.1) is 12.7 Å². The van der Waals surface area contributed by atoms with Crippen LogP contribution in [0.15, 0.2) is 24.3 Å². The minimum Gasteiger partial charge on any atom is -0.464 e. The summed E-state index contributed by atoms with van der Waals surface area (Å²) in [6, 6.07) is 8.09. The molecule has 1 rings (SSSR count). The van der Waals surface area contributed by atoms with Gasteiger partial charge in [-0.1, -0.05) is 29.7 Å². The van der Waals surface area contributed by atoms with Crippen molar-refractivity contribution in [3.8, 4) is 0 Å². The van der Waals surface area contributed by atoms with Gasteiger partial charge in [-0.15, -0.1) is 0 Å². The Morgan fingerprint density at radius 2 is 2.11 bits per heavy atom. The smallest absolute Gasteiger partial charge is 0.335 e. The van der Waals surface area contributed by atoms with E-state index < -0.39 is 6.10 Å². The highest BCUT2D eigenvalue weighted by Crippen LogP contribution is 2.09. The first-order valence-corrected chi connectivity index (χ1v) is 6.40. The van der Waals surface area contributed by atoms with Crippen LogP contribution in [0.5, 0.6) is 0 Å². The van der Waals surface area contributed by atoms with Gasteiger partial charge in [-0.3, -0.25) is 0 Å². The molecule has 0 N–H and O–H groups in total. The fourth-order valence-corrected chi connectivity index (χ4v) is 1.80. The molecular weight excluding hydrogens is 227 g/mol. The lowest BCUT2D eigenvalue weighted by molar-refractivity contribution is -0.159. The Morgan fingerprint density at radius 3 is 2.67 bits per heavy atom. The molecule has 0 fully saturated rings. The Bertz CT molecular complexity index is 390. The molecule has 0 aliphatic carbocycles. The van der Waals surface area contributed by atoms with Crippen molar-refractivity contribution in [3.05, 3.63) is 29.8 Å². The van der Waals surface area contributed by atoms with Gasteiger partial charge in [0.25, 0.3) is 0 Å². The summed E-state index contributed by atoms with van der Waals surface area (Å²) in [5.41, 5.74) is 2.27. The van der Waals surface area contributed by atoms with Crippen LogP contribution in [0.4, 0.5) is 0 Å². The van der Waals surface area contributed by atoms with Crippen LogP contribution < -0.4 is 5.46 Å². The number of carbonyl (C=O) groups excluding carboxylic acids is 1. The molecule has 0 aliphatic rings. The van der Waals surface area contributed by atoms with Crippen molar-refractivity contribution in [2.24, 2.45) is 0 Å². The molecule has 0 heterocycles. The summed E-state index contributed by atoms with van der Waals surface area (Å²) in [5, 5.41) is 0. The average molecular weight is 248 g/mol. The normalized spacial score (nSPS) is 12.4. The molecule has 0 radical (unpaired) electrons. The third kappa shape index (κ3) is 4.92. The number of carbonyl (C=O) groups is 1. The van der Waals surface area contributed by atoms with Crippen LogP contribution in [0.2, 0.25) is 0 Å². The van der Waals surface area contributed by atoms with Crippen molar-refractivity contribution in [2.45, 2.75) is 39.4 Å². The minimum absolute atomic E-state index is 0.00390. The molecule has 0 aromatic heterocycles. The van der Waals surface area contributed by atoms with E-state index in [2.05, 4.69) is 6.07 Å². The SMILES string of the molecule is Bc1cccc(CC(OC(C)C)C(=O)OCC)c1. The molecule has 0 saturated heterocycles. The Hall–Kier alpha value is -1.29. The summed E-state index contributed by atoms with van der Waals surface area (Å²) < 4.78 is 10.7. The minimum atomic E-state index is -0.522. The lowest BCUT2D eigenvalue weighted by Crippen LogP contribution is -2.31. The number of esters is 1. The van der Waals surface area contributed by atoms with Crippen molar-refractivity contribution < 1.29 is 14.3 Å². The number of hydrogen-bond donors (Lipinski definition) is 0. The van der Waals surface area contributed by atoms with Gasteiger partial charge in [0.15, 0.2) is 6.10 Å². The monoisotopic (exact) mass is 248 g/mol. The summed E-state index contributed by atoms with van der Waals surface area (Å²) in [4.78, 5) is 11.8. The molecule has 18 heavy (non-hydrogen) atoms. The molecule has 1 atom stereocenters. The zero-order chi connectivity index (χ0) is 13.5. The van der Waals surface area contributed by atoms with Crippen molar-refractivity contribution in [3.63, 3.8) is 0 Å². The van der Waals surface area contributed by atoms with Crippen LogP contribution in [-0.2, 0) is 20.7 Å². The number of ether oxygens (including phenoxy) is 2. The fourth-order valence-electron chi connectivity index (χ4n) is 1.80. The molecule has 4 heteroatoms. The van der Waals surface area contributed by atoms with Crippen LogP contribution in [-0.4, -0.2) is 32.6 Å².